The smallest absolute Gasteiger partial charge is 0.201 e. The number of aryl methyl sites for hydroxylation is 1. The van der Waals surface area contributed by atoms with Crippen molar-refractivity contribution in [3.63, 3.8) is 0 Å². The summed E-state index contributed by atoms with van der Waals surface area (Å²) in [7, 11) is -2.96. The van der Waals surface area contributed by atoms with E-state index in [9.17, 15) is 8.42 Å². The Hall–Kier alpha value is -1.27. The number of para-hydroxylation sites is 1. The lowest BCUT2D eigenvalue weighted by Crippen LogP contribution is -2.09. The van der Waals surface area contributed by atoms with E-state index in [1.54, 1.807) is 16.7 Å². The highest BCUT2D eigenvalue weighted by molar-refractivity contribution is 7.90. The zero-order valence-corrected chi connectivity index (χ0v) is 11.5. The summed E-state index contributed by atoms with van der Waals surface area (Å²) in [6, 6.07) is 5.39. The number of nitrogen functional groups attached to an aromatic ring is 1. The average molecular weight is 288 g/mol. The first-order valence-electron chi connectivity index (χ1n) is 5.46. The number of hydrogen-bond donors (Lipinski definition) is 1. The van der Waals surface area contributed by atoms with E-state index in [2.05, 4.69) is 4.98 Å². The van der Waals surface area contributed by atoms with Gasteiger partial charge < -0.3 is 10.3 Å². The first-order chi connectivity index (χ1) is 8.38. The molecule has 0 radical (unpaired) electrons. The van der Waals surface area contributed by atoms with Gasteiger partial charge in [-0.2, -0.15) is 0 Å². The summed E-state index contributed by atoms with van der Waals surface area (Å²) in [5.74, 6) is 0.475. The standard InChI is InChI=1S/C11H14ClN3O2S/c1-18(16,17)7-3-6-15-10-8(12)4-2-5-9(10)14-11(15)13/h2,4-5H,3,6-7H2,1H3,(H2,13,14). The molecule has 5 nitrogen and oxygen atoms in total. The van der Waals surface area contributed by atoms with Crippen molar-refractivity contribution in [3.05, 3.63) is 23.2 Å². The van der Waals surface area contributed by atoms with Gasteiger partial charge in [0.2, 0.25) is 5.95 Å². The Morgan fingerprint density at radius 2 is 2.17 bits per heavy atom. The van der Waals surface area contributed by atoms with Crippen molar-refractivity contribution in [2.24, 2.45) is 0 Å². The molecule has 0 spiro atoms. The number of rotatable bonds is 4. The van der Waals surface area contributed by atoms with Crippen LogP contribution in [-0.2, 0) is 16.4 Å². The molecule has 0 aliphatic rings. The fraction of sp³-hybridized carbons (Fsp3) is 0.364. The molecule has 0 aliphatic carbocycles. The second-order valence-electron chi connectivity index (χ2n) is 4.21. The molecule has 18 heavy (non-hydrogen) atoms. The third kappa shape index (κ3) is 2.76. The lowest BCUT2D eigenvalue weighted by Gasteiger charge is -2.06. The van der Waals surface area contributed by atoms with E-state index in [1.165, 1.54) is 6.26 Å². The first-order valence-corrected chi connectivity index (χ1v) is 7.90. The van der Waals surface area contributed by atoms with Gasteiger partial charge in [0.15, 0.2) is 0 Å². The van der Waals surface area contributed by atoms with Gasteiger partial charge >= 0.3 is 0 Å². The van der Waals surface area contributed by atoms with Crippen LogP contribution < -0.4 is 5.73 Å². The zero-order chi connectivity index (χ0) is 13.3. The number of hydrogen-bond acceptors (Lipinski definition) is 4. The van der Waals surface area contributed by atoms with Crippen molar-refractivity contribution in [1.82, 2.24) is 9.55 Å². The van der Waals surface area contributed by atoms with Gasteiger partial charge in [0.05, 0.1) is 21.8 Å². The average Bonchev–Trinajstić information content (AvgIpc) is 2.55. The Balaban J connectivity index is 2.30. The molecule has 2 aromatic rings. The molecule has 0 atom stereocenters. The summed E-state index contributed by atoms with van der Waals surface area (Å²) in [6.07, 6.45) is 1.70. The van der Waals surface area contributed by atoms with E-state index in [-0.39, 0.29) is 5.75 Å². The fourth-order valence-electron chi connectivity index (χ4n) is 1.87. The summed E-state index contributed by atoms with van der Waals surface area (Å²) in [5, 5.41) is 0.566. The van der Waals surface area contributed by atoms with Gasteiger partial charge in [-0.15, -0.1) is 0 Å². The molecule has 1 heterocycles. The number of nitrogens with zero attached hydrogens (tertiary/aromatic N) is 2. The van der Waals surface area contributed by atoms with Crippen molar-refractivity contribution in [3.8, 4) is 0 Å². The molecular weight excluding hydrogens is 274 g/mol. The van der Waals surface area contributed by atoms with E-state index in [1.807, 2.05) is 6.07 Å². The van der Waals surface area contributed by atoms with Gasteiger partial charge in [-0.25, -0.2) is 13.4 Å². The van der Waals surface area contributed by atoms with Crippen LogP contribution in [0, 0.1) is 0 Å². The Labute approximate surface area is 110 Å². The number of anilines is 1. The monoisotopic (exact) mass is 287 g/mol. The molecule has 0 fully saturated rings. The normalized spacial score (nSPS) is 12.1. The molecule has 0 aliphatic heterocycles. The summed E-state index contributed by atoms with van der Waals surface area (Å²) < 4.78 is 23.9. The molecule has 2 N–H and O–H groups in total. The minimum absolute atomic E-state index is 0.122. The van der Waals surface area contributed by atoms with Crippen LogP contribution in [0.5, 0.6) is 0 Å². The SMILES string of the molecule is CS(=O)(=O)CCCn1c(N)nc2cccc(Cl)c21. The quantitative estimate of drug-likeness (QED) is 0.928. The maximum atomic E-state index is 11.1. The van der Waals surface area contributed by atoms with Crippen LogP contribution in [0.4, 0.5) is 5.95 Å². The van der Waals surface area contributed by atoms with Crippen molar-refractivity contribution < 1.29 is 8.42 Å². The Bertz CT molecular complexity index is 679. The topological polar surface area (TPSA) is 78.0 Å². The Morgan fingerprint density at radius 3 is 2.83 bits per heavy atom. The zero-order valence-electron chi connectivity index (χ0n) is 9.93. The van der Waals surface area contributed by atoms with Crippen LogP contribution in [-0.4, -0.2) is 30.0 Å². The number of nitrogens with two attached hydrogens (primary N) is 1. The van der Waals surface area contributed by atoms with Crippen LogP contribution >= 0.6 is 11.6 Å². The van der Waals surface area contributed by atoms with Crippen molar-refractivity contribution >= 4 is 38.4 Å². The molecule has 1 aromatic carbocycles. The number of halogens is 1. The molecule has 98 valence electrons. The maximum absolute atomic E-state index is 11.1. The lowest BCUT2D eigenvalue weighted by atomic mass is 10.3. The summed E-state index contributed by atoms with van der Waals surface area (Å²) >= 11 is 6.11. The molecule has 7 heteroatoms. The first kappa shape index (κ1) is 13.2. The van der Waals surface area contributed by atoms with Crippen LogP contribution in [0.2, 0.25) is 5.02 Å². The fourth-order valence-corrected chi connectivity index (χ4v) is 2.80. The minimum Gasteiger partial charge on any atom is -0.369 e. The molecule has 0 unspecified atom stereocenters. The van der Waals surface area contributed by atoms with Gasteiger partial charge in [-0.05, 0) is 18.6 Å². The number of fused-ring (bicyclic) bond motifs is 1. The number of benzene rings is 1. The van der Waals surface area contributed by atoms with Crippen molar-refractivity contribution in [1.29, 1.82) is 0 Å². The van der Waals surface area contributed by atoms with Crippen LogP contribution in [0.15, 0.2) is 18.2 Å². The molecule has 1 aromatic heterocycles. The Morgan fingerprint density at radius 1 is 1.44 bits per heavy atom. The summed E-state index contributed by atoms with van der Waals surface area (Å²) in [4.78, 5) is 4.20. The minimum atomic E-state index is -2.96. The third-order valence-corrected chi connectivity index (χ3v) is 3.98. The van der Waals surface area contributed by atoms with Gasteiger partial charge in [-0.1, -0.05) is 17.7 Å². The van der Waals surface area contributed by atoms with Crippen LogP contribution in [0.3, 0.4) is 0 Å². The Kier molecular flexibility index (Phi) is 3.49. The largest absolute Gasteiger partial charge is 0.369 e. The van der Waals surface area contributed by atoms with E-state index >= 15 is 0 Å². The van der Waals surface area contributed by atoms with Gasteiger partial charge in [-0.3, -0.25) is 0 Å². The van der Waals surface area contributed by atoms with E-state index in [4.69, 9.17) is 17.3 Å². The molecule has 2 rings (SSSR count). The highest BCUT2D eigenvalue weighted by Gasteiger charge is 2.11. The summed E-state index contributed by atoms with van der Waals surface area (Å²) in [6.45, 7) is 0.485. The van der Waals surface area contributed by atoms with Gasteiger partial charge in [0.25, 0.3) is 0 Å². The highest BCUT2D eigenvalue weighted by atomic mass is 35.5. The van der Waals surface area contributed by atoms with E-state index in [0.29, 0.717) is 23.9 Å². The molecule has 0 amide bonds. The predicted molar refractivity (Wildman–Crippen MR) is 73.5 cm³/mol. The molecule has 0 saturated heterocycles. The molecule has 0 saturated carbocycles. The summed E-state index contributed by atoms with van der Waals surface area (Å²) in [5.41, 5.74) is 7.29. The van der Waals surface area contributed by atoms with Gasteiger partial charge in [0, 0.05) is 12.8 Å². The second-order valence-corrected chi connectivity index (χ2v) is 6.88. The highest BCUT2D eigenvalue weighted by Crippen LogP contribution is 2.25. The predicted octanol–water partition coefficient (Wildman–Crippen LogP) is 1.71. The number of imidazole rings is 1. The lowest BCUT2D eigenvalue weighted by molar-refractivity contribution is 0.594. The van der Waals surface area contributed by atoms with E-state index < -0.39 is 9.84 Å². The number of sulfone groups is 1. The maximum Gasteiger partial charge on any atom is 0.201 e. The second kappa shape index (κ2) is 4.78. The third-order valence-electron chi connectivity index (χ3n) is 2.64. The number of aromatic nitrogens is 2. The van der Waals surface area contributed by atoms with Crippen molar-refractivity contribution in [2.75, 3.05) is 17.7 Å². The molecular formula is C11H14ClN3O2S. The molecule has 0 bridgehead atoms. The van der Waals surface area contributed by atoms with Crippen molar-refractivity contribution in [2.45, 2.75) is 13.0 Å². The van der Waals surface area contributed by atoms with Gasteiger partial charge in [0.1, 0.15) is 9.84 Å². The van der Waals surface area contributed by atoms with E-state index in [0.717, 1.165) is 11.0 Å². The van der Waals surface area contributed by atoms with Crippen LogP contribution in [0.25, 0.3) is 11.0 Å². The van der Waals surface area contributed by atoms with Crippen LogP contribution in [0.1, 0.15) is 6.42 Å².